The molecule has 6 aromatic rings. The molecule has 7 rings (SSSR count). The Hall–Kier alpha value is -6.40. The van der Waals surface area contributed by atoms with Crippen LogP contribution >= 0.6 is 0 Å². The van der Waals surface area contributed by atoms with E-state index in [-0.39, 0.29) is 34.5 Å². The van der Waals surface area contributed by atoms with Crippen LogP contribution in [0.3, 0.4) is 0 Å². The van der Waals surface area contributed by atoms with Crippen molar-refractivity contribution >= 4 is 11.9 Å². The highest BCUT2D eigenvalue weighted by atomic mass is 19.4. The Kier molecular flexibility index (Phi) is 13.9. The van der Waals surface area contributed by atoms with Crippen molar-refractivity contribution in [3.05, 3.63) is 131 Å². The summed E-state index contributed by atoms with van der Waals surface area (Å²) in [5, 5.41) is 19.5. The predicted molar refractivity (Wildman–Crippen MR) is 213 cm³/mol. The van der Waals surface area contributed by atoms with E-state index in [1.54, 1.807) is 24.3 Å². The number of carboxylic acids is 1. The van der Waals surface area contributed by atoms with E-state index in [1.807, 2.05) is 71.3 Å². The van der Waals surface area contributed by atoms with Crippen molar-refractivity contribution in [3.8, 4) is 33.6 Å². The van der Waals surface area contributed by atoms with Crippen molar-refractivity contribution in [2.45, 2.75) is 58.0 Å². The number of carboxylic acid groups (broad SMARTS) is 1. The number of benzene rings is 4. The third kappa shape index (κ3) is 12.1. The molecule has 18 heteroatoms. The second-order valence-electron chi connectivity index (χ2n) is 14.5. The summed E-state index contributed by atoms with van der Waals surface area (Å²) in [6.07, 6.45) is -5.91. The zero-order chi connectivity index (χ0) is 43.9. The van der Waals surface area contributed by atoms with Crippen molar-refractivity contribution < 1.29 is 41.0 Å². The molecule has 0 aliphatic heterocycles. The molecular formula is C42H43F6N9O3. The summed E-state index contributed by atoms with van der Waals surface area (Å²) in [4.78, 5) is 32.6. The van der Waals surface area contributed by atoms with Crippen molar-refractivity contribution in [2.24, 2.45) is 5.73 Å². The molecule has 1 atom stereocenters. The van der Waals surface area contributed by atoms with Gasteiger partial charge in [0.15, 0.2) is 0 Å². The van der Waals surface area contributed by atoms with Gasteiger partial charge in [-0.15, -0.1) is 0 Å². The van der Waals surface area contributed by atoms with Gasteiger partial charge in [0.2, 0.25) is 11.6 Å². The number of carbonyl (C=O) groups excluding carboxylic acids is 1. The number of halogens is 6. The first-order valence-corrected chi connectivity index (χ1v) is 18.5. The predicted octanol–water partition coefficient (Wildman–Crippen LogP) is 8.01. The Morgan fingerprint density at radius 1 is 0.733 bits per heavy atom. The number of hydrogen-bond donors (Lipinski definition) is 3. The largest absolute Gasteiger partial charge is 0.478 e. The number of rotatable bonds is 9. The zero-order valence-corrected chi connectivity index (χ0v) is 33.3. The minimum atomic E-state index is -4.71. The van der Waals surface area contributed by atoms with Gasteiger partial charge in [-0.05, 0) is 106 Å². The lowest BCUT2D eigenvalue weighted by atomic mass is 10.0. The summed E-state index contributed by atoms with van der Waals surface area (Å²) < 4.78 is 80.3. The van der Waals surface area contributed by atoms with E-state index in [4.69, 9.17) is 5.73 Å². The molecule has 2 heterocycles. The highest BCUT2D eigenvalue weighted by Gasteiger charge is 2.38. The normalized spacial score (nSPS) is 13.2. The molecule has 1 unspecified atom stereocenters. The molecule has 1 aliphatic rings. The average molecular weight is 836 g/mol. The third-order valence-corrected chi connectivity index (χ3v) is 8.77. The van der Waals surface area contributed by atoms with Gasteiger partial charge in [0.1, 0.15) is 12.7 Å². The number of amides is 1. The van der Waals surface area contributed by atoms with Gasteiger partial charge in [-0.3, -0.25) is 4.79 Å². The molecule has 1 saturated carbocycles. The maximum Gasteiger partial charge on any atom is 0.451 e. The van der Waals surface area contributed by atoms with Gasteiger partial charge in [0, 0.05) is 24.2 Å². The molecule has 1 aliphatic carbocycles. The maximum atomic E-state index is 13.3. The Morgan fingerprint density at radius 3 is 1.50 bits per heavy atom. The van der Waals surface area contributed by atoms with E-state index in [9.17, 15) is 41.0 Å². The third-order valence-electron chi connectivity index (χ3n) is 8.77. The van der Waals surface area contributed by atoms with Gasteiger partial charge in [0.25, 0.3) is 5.91 Å². The number of aryl methyl sites for hydroxylation is 2. The van der Waals surface area contributed by atoms with Crippen LogP contribution in [0, 0.1) is 13.8 Å². The van der Waals surface area contributed by atoms with Crippen LogP contribution in [0.25, 0.3) is 33.6 Å². The highest BCUT2D eigenvalue weighted by molar-refractivity contribution is 5.96. The van der Waals surface area contributed by atoms with Gasteiger partial charge in [-0.25, -0.2) is 24.1 Å². The maximum absolute atomic E-state index is 13.3. The Morgan fingerprint density at radius 2 is 1.15 bits per heavy atom. The summed E-state index contributed by atoms with van der Waals surface area (Å²) in [6, 6.07) is 23.8. The summed E-state index contributed by atoms with van der Waals surface area (Å²) in [6.45, 7) is 6.81. The second-order valence-corrected chi connectivity index (χ2v) is 14.5. The molecule has 2 aromatic heterocycles. The number of nitrogens with one attached hydrogen (secondary N) is 1. The van der Waals surface area contributed by atoms with Gasteiger partial charge >= 0.3 is 18.3 Å². The summed E-state index contributed by atoms with van der Waals surface area (Å²) in [7, 11) is 4.03. The number of aromatic nitrogens is 6. The van der Waals surface area contributed by atoms with Crippen molar-refractivity contribution in [1.29, 1.82) is 0 Å². The van der Waals surface area contributed by atoms with E-state index in [0.717, 1.165) is 54.8 Å². The van der Waals surface area contributed by atoms with E-state index in [0.29, 0.717) is 32.1 Å². The van der Waals surface area contributed by atoms with E-state index in [2.05, 4.69) is 30.4 Å². The SMILES string of the molecule is CC(N)CN(C)C.Cc1ccc(-c2cc(C(=O)NC3CC3)cc(-n3ncnc3C(F)(F)F)c2)cc1.Cc1ccc(-c2cc(C(=O)O)cc(-n3ncnc3C(F)(F)F)c2)cc1. The summed E-state index contributed by atoms with van der Waals surface area (Å²) in [5.74, 6) is -3.91. The number of nitrogens with zero attached hydrogens (tertiary/aromatic N) is 7. The number of nitrogens with two attached hydrogens (primary N) is 1. The summed E-state index contributed by atoms with van der Waals surface area (Å²) >= 11 is 0. The van der Waals surface area contributed by atoms with Crippen LogP contribution in [0.15, 0.2) is 97.6 Å². The molecule has 1 amide bonds. The standard InChI is InChI=1S/C20H17F3N4O.C17H12F3N3O2.C5H14N2/c1-12-2-4-13(5-3-12)14-8-15(18(28)26-16-6-7-16)10-17(9-14)27-19(20(21,22)23)24-11-25-27;1-10-2-4-11(5-3-10)12-6-13(15(24)25)8-14(7-12)23-16(17(18,19)20)21-9-22-23;1-5(6)4-7(2)3/h2-5,8-11,16H,6-7H2,1H3,(H,26,28);2-9H,1H3,(H,24,25);5H,4,6H2,1-3H3. The molecule has 12 nitrogen and oxygen atoms in total. The van der Waals surface area contributed by atoms with Crippen LogP contribution in [-0.2, 0) is 12.4 Å². The molecular weight excluding hydrogens is 793 g/mol. The minimum absolute atomic E-state index is 0.0275. The summed E-state index contributed by atoms with van der Waals surface area (Å²) in [5.41, 5.74) is 10.3. The Labute approximate surface area is 341 Å². The van der Waals surface area contributed by atoms with E-state index >= 15 is 0 Å². The van der Waals surface area contributed by atoms with Gasteiger partial charge in [-0.1, -0.05) is 59.7 Å². The molecule has 316 valence electrons. The van der Waals surface area contributed by atoms with E-state index < -0.39 is 30.0 Å². The van der Waals surface area contributed by atoms with Crippen LogP contribution in [0.5, 0.6) is 0 Å². The van der Waals surface area contributed by atoms with Gasteiger partial charge < -0.3 is 21.1 Å². The smallest absolute Gasteiger partial charge is 0.451 e. The fourth-order valence-electron chi connectivity index (χ4n) is 5.87. The Bertz CT molecular complexity index is 2400. The highest BCUT2D eigenvalue weighted by Crippen LogP contribution is 2.33. The molecule has 4 N–H and O–H groups in total. The average Bonchev–Trinajstić information content (AvgIpc) is 3.59. The van der Waals surface area contributed by atoms with E-state index in [1.165, 1.54) is 18.2 Å². The van der Waals surface area contributed by atoms with Crippen LogP contribution < -0.4 is 11.1 Å². The fourth-order valence-corrected chi connectivity index (χ4v) is 5.87. The first-order valence-electron chi connectivity index (χ1n) is 18.5. The first-order chi connectivity index (χ1) is 28.2. The topological polar surface area (TPSA) is 157 Å². The van der Waals surface area contributed by atoms with Crippen molar-refractivity contribution in [3.63, 3.8) is 0 Å². The van der Waals surface area contributed by atoms with Crippen molar-refractivity contribution in [1.82, 2.24) is 39.7 Å². The number of aromatic carboxylic acids is 1. The zero-order valence-electron chi connectivity index (χ0n) is 33.3. The molecule has 0 radical (unpaired) electrons. The van der Waals surface area contributed by atoms with Crippen LogP contribution in [-0.4, -0.2) is 84.1 Å². The van der Waals surface area contributed by atoms with Crippen LogP contribution in [0.2, 0.25) is 0 Å². The Balaban J connectivity index is 0.000000198. The number of likely N-dealkylation sites (N-methyl/N-ethyl adjacent to an activating group) is 1. The molecule has 0 spiro atoms. The monoisotopic (exact) mass is 835 g/mol. The lowest BCUT2D eigenvalue weighted by Crippen LogP contribution is -2.29. The second kappa shape index (κ2) is 18.7. The molecule has 1 fully saturated rings. The molecule has 0 bridgehead atoms. The van der Waals surface area contributed by atoms with Crippen LogP contribution in [0.4, 0.5) is 26.3 Å². The van der Waals surface area contributed by atoms with Gasteiger partial charge in [-0.2, -0.15) is 36.5 Å². The van der Waals surface area contributed by atoms with Crippen LogP contribution in [0.1, 0.15) is 63.3 Å². The molecule has 0 saturated heterocycles. The molecule has 4 aromatic carbocycles. The quantitative estimate of drug-likeness (QED) is 0.123. The number of hydrogen-bond acceptors (Lipinski definition) is 8. The lowest BCUT2D eigenvalue weighted by Gasteiger charge is -2.13. The number of alkyl halides is 6. The first kappa shape index (κ1) is 44.7. The van der Waals surface area contributed by atoms with Gasteiger partial charge in [0.05, 0.1) is 16.9 Å². The minimum Gasteiger partial charge on any atom is -0.478 e. The fraction of sp³-hybridized carbons (Fsp3) is 0.286. The molecule has 60 heavy (non-hydrogen) atoms. The lowest BCUT2D eigenvalue weighted by molar-refractivity contribution is -0.147. The van der Waals surface area contributed by atoms with Crippen molar-refractivity contribution in [2.75, 3.05) is 20.6 Å². The number of carbonyl (C=O) groups is 2.